The van der Waals surface area contributed by atoms with Crippen LogP contribution in [0.3, 0.4) is 0 Å². The smallest absolute Gasteiger partial charge is 0.381 e. The van der Waals surface area contributed by atoms with E-state index in [1.807, 2.05) is 13.0 Å². The number of nitrogens with two attached hydrogens (primary N) is 1. The number of alkyl halides is 3. The Hall–Kier alpha value is -1.50. The van der Waals surface area contributed by atoms with Crippen molar-refractivity contribution in [2.45, 2.75) is 50.9 Å². The van der Waals surface area contributed by atoms with Crippen molar-refractivity contribution in [2.24, 2.45) is 11.1 Å². The Labute approximate surface area is 134 Å². The molecule has 0 bridgehead atoms. The van der Waals surface area contributed by atoms with Gasteiger partial charge < -0.3 is 16.0 Å². The SMILES string of the molecule is Cc1nc(N(C)CC(F)(F)F)ccc1NC1CC2(CC(N)C2)C1. The van der Waals surface area contributed by atoms with Gasteiger partial charge in [-0.2, -0.15) is 13.2 Å². The summed E-state index contributed by atoms with van der Waals surface area (Å²) in [6.45, 7) is 0.818. The number of nitrogens with zero attached hydrogens (tertiary/aromatic N) is 2. The minimum atomic E-state index is -4.23. The van der Waals surface area contributed by atoms with Crippen LogP contribution in [0.25, 0.3) is 0 Å². The van der Waals surface area contributed by atoms with Gasteiger partial charge in [-0.3, -0.25) is 0 Å². The van der Waals surface area contributed by atoms with Crippen molar-refractivity contribution in [3.8, 4) is 0 Å². The molecule has 0 aromatic carbocycles. The Morgan fingerprint density at radius 2 is 1.96 bits per heavy atom. The zero-order valence-corrected chi connectivity index (χ0v) is 13.5. The van der Waals surface area contributed by atoms with E-state index in [0.29, 0.717) is 23.3 Å². The molecular weight excluding hydrogens is 305 g/mol. The van der Waals surface area contributed by atoms with Crippen molar-refractivity contribution in [1.29, 1.82) is 0 Å². The summed E-state index contributed by atoms with van der Waals surface area (Å²) in [4.78, 5) is 5.41. The molecule has 2 saturated carbocycles. The molecule has 3 N–H and O–H groups in total. The van der Waals surface area contributed by atoms with Crippen molar-refractivity contribution < 1.29 is 13.2 Å². The van der Waals surface area contributed by atoms with E-state index in [0.717, 1.165) is 42.0 Å². The van der Waals surface area contributed by atoms with Gasteiger partial charge >= 0.3 is 6.18 Å². The Morgan fingerprint density at radius 3 is 2.48 bits per heavy atom. The van der Waals surface area contributed by atoms with Gasteiger partial charge in [0.2, 0.25) is 0 Å². The highest BCUT2D eigenvalue weighted by Crippen LogP contribution is 2.55. The highest BCUT2D eigenvalue weighted by molar-refractivity contribution is 5.54. The van der Waals surface area contributed by atoms with E-state index in [-0.39, 0.29) is 0 Å². The van der Waals surface area contributed by atoms with Crippen LogP contribution in [0.4, 0.5) is 24.7 Å². The summed E-state index contributed by atoms with van der Waals surface area (Å²) >= 11 is 0. The molecule has 4 nitrogen and oxygen atoms in total. The molecule has 0 saturated heterocycles. The first-order valence-corrected chi connectivity index (χ1v) is 7.93. The third-order valence-corrected chi connectivity index (χ3v) is 4.99. The molecule has 0 unspecified atom stereocenters. The van der Waals surface area contributed by atoms with Crippen LogP contribution in [0.2, 0.25) is 0 Å². The lowest BCUT2D eigenvalue weighted by atomic mass is 9.52. The fourth-order valence-electron chi connectivity index (χ4n) is 3.96. The molecule has 0 aliphatic heterocycles. The standard InChI is InChI=1S/C16H23F3N4/c1-10-13(22-12-7-15(8-12)5-11(20)6-15)3-4-14(21-10)23(2)9-16(17,18)19/h3-4,11-12,22H,5-9,20H2,1-2H3. The van der Waals surface area contributed by atoms with Crippen LogP contribution < -0.4 is 16.0 Å². The molecule has 2 aliphatic rings. The van der Waals surface area contributed by atoms with Gasteiger partial charge in [-0.25, -0.2) is 4.98 Å². The molecule has 1 spiro atoms. The molecular formula is C16H23F3N4. The van der Waals surface area contributed by atoms with E-state index in [1.165, 1.54) is 7.05 Å². The summed E-state index contributed by atoms with van der Waals surface area (Å²) in [7, 11) is 1.40. The summed E-state index contributed by atoms with van der Waals surface area (Å²) < 4.78 is 37.3. The normalized spacial score (nSPS) is 29.8. The number of aromatic nitrogens is 1. The third kappa shape index (κ3) is 3.54. The number of anilines is 2. The molecule has 0 atom stereocenters. The van der Waals surface area contributed by atoms with Crippen molar-refractivity contribution in [3.63, 3.8) is 0 Å². The summed E-state index contributed by atoms with van der Waals surface area (Å²) in [5, 5.41) is 3.46. The number of hydrogen-bond acceptors (Lipinski definition) is 4. The number of aryl methyl sites for hydroxylation is 1. The second kappa shape index (κ2) is 5.54. The predicted octanol–water partition coefficient (Wildman–Crippen LogP) is 3.07. The zero-order chi connectivity index (χ0) is 16.8. The minimum Gasteiger partial charge on any atom is -0.381 e. The zero-order valence-electron chi connectivity index (χ0n) is 13.5. The Bertz CT molecular complexity index is 573. The average Bonchev–Trinajstić information content (AvgIpc) is 2.34. The molecule has 1 aromatic rings. The number of pyridine rings is 1. The van der Waals surface area contributed by atoms with Crippen LogP contribution in [0.1, 0.15) is 31.4 Å². The molecule has 2 aliphatic carbocycles. The van der Waals surface area contributed by atoms with Crippen LogP contribution in [0.5, 0.6) is 0 Å². The quantitative estimate of drug-likeness (QED) is 0.892. The highest BCUT2D eigenvalue weighted by atomic mass is 19.4. The van der Waals surface area contributed by atoms with Crippen LogP contribution >= 0.6 is 0 Å². The van der Waals surface area contributed by atoms with E-state index in [1.54, 1.807) is 6.07 Å². The van der Waals surface area contributed by atoms with E-state index < -0.39 is 12.7 Å². The summed E-state index contributed by atoms with van der Waals surface area (Å²) in [5.41, 5.74) is 7.93. The topological polar surface area (TPSA) is 54.2 Å². The lowest BCUT2D eigenvalue weighted by Gasteiger charge is -2.57. The third-order valence-electron chi connectivity index (χ3n) is 4.99. The maximum absolute atomic E-state index is 12.4. The molecule has 0 amide bonds. The molecule has 1 aromatic heterocycles. The Morgan fingerprint density at radius 1 is 1.30 bits per heavy atom. The summed E-state index contributed by atoms with van der Waals surface area (Å²) in [6, 6.07) is 4.24. The van der Waals surface area contributed by atoms with Gasteiger partial charge in [0.05, 0.1) is 11.4 Å². The molecule has 3 rings (SSSR count). The molecule has 7 heteroatoms. The van der Waals surface area contributed by atoms with E-state index >= 15 is 0 Å². The van der Waals surface area contributed by atoms with E-state index in [4.69, 9.17) is 5.73 Å². The van der Waals surface area contributed by atoms with Crippen molar-refractivity contribution >= 4 is 11.5 Å². The van der Waals surface area contributed by atoms with Crippen LogP contribution in [0.15, 0.2) is 12.1 Å². The maximum atomic E-state index is 12.4. The maximum Gasteiger partial charge on any atom is 0.405 e. The molecule has 0 radical (unpaired) electrons. The number of halogens is 3. The molecule has 23 heavy (non-hydrogen) atoms. The number of hydrogen-bond donors (Lipinski definition) is 2. The van der Waals surface area contributed by atoms with Crippen LogP contribution in [0, 0.1) is 12.3 Å². The van der Waals surface area contributed by atoms with Gasteiger partial charge in [0, 0.05) is 19.1 Å². The Kier molecular flexibility index (Phi) is 3.94. The second-order valence-corrected chi connectivity index (χ2v) is 7.19. The van der Waals surface area contributed by atoms with Gasteiger partial charge in [-0.1, -0.05) is 0 Å². The summed E-state index contributed by atoms with van der Waals surface area (Å²) in [6.07, 6.45) is 0.240. The fourth-order valence-corrected chi connectivity index (χ4v) is 3.96. The van der Waals surface area contributed by atoms with Gasteiger partial charge in [-0.15, -0.1) is 0 Å². The van der Waals surface area contributed by atoms with Crippen LogP contribution in [-0.4, -0.2) is 36.8 Å². The first-order chi connectivity index (χ1) is 10.7. The largest absolute Gasteiger partial charge is 0.405 e. The molecule has 128 valence electrons. The number of nitrogens with one attached hydrogen (secondary N) is 1. The van der Waals surface area contributed by atoms with E-state index in [2.05, 4.69) is 10.3 Å². The van der Waals surface area contributed by atoms with Crippen molar-refractivity contribution in [1.82, 2.24) is 4.98 Å². The van der Waals surface area contributed by atoms with Crippen LogP contribution in [-0.2, 0) is 0 Å². The number of rotatable bonds is 4. The lowest BCUT2D eigenvalue weighted by molar-refractivity contribution is -0.119. The minimum absolute atomic E-state index is 0.334. The first-order valence-electron chi connectivity index (χ1n) is 7.93. The first kappa shape index (κ1) is 16.4. The van der Waals surface area contributed by atoms with Crippen molar-refractivity contribution in [3.05, 3.63) is 17.8 Å². The van der Waals surface area contributed by atoms with Gasteiger partial charge in [-0.05, 0) is 50.2 Å². The van der Waals surface area contributed by atoms with E-state index in [9.17, 15) is 13.2 Å². The van der Waals surface area contributed by atoms with Crippen molar-refractivity contribution in [2.75, 3.05) is 23.8 Å². The summed E-state index contributed by atoms with van der Waals surface area (Å²) in [5.74, 6) is 0.334. The average molecular weight is 328 g/mol. The van der Waals surface area contributed by atoms with Gasteiger partial charge in [0.25, 0.3) is 0 Å². The highest BCUT2D eigenvalue weighted by Gasteiger charge is 2.51. The fraction of sp³-hybridized carbons (Fsp3) is 0.688. The van der Waals surface area contributed by atoms with Gasteiger partial charge in [0.1, 0.15) is 12.4 Å². The molecule has 1 heterocycles. The lowest BCUT2D eigenvalue weighted by Crippen LogP contribution is -2.57. The monoisotopic (exact) mass is 328 g/mol. The second-order valence-electron chi connectivity index (χ2n) is 7.19. The van der Waals surface area contributed by atoms with Gasteiger partial charge in [0.15, 0.2) is 0 Å². The molecule has 2 fully saturated rings. The predicted molar refractivity (Wildman–Crippen MR) is 84.6 cm³/mol. The Balaban J connectivity index is 1.57.